The van der Waals surface area contributed by atoms with Gasteiger partial charge < -0.3 is 14.4 Å². The molecule has 0 atom stereocenters. The van der Waals surface area contributed by atoms with Gasteiger partial charge in [-0.2, -0.15) is 0 Å². The van der Waals surface area contributed by atoms with Gasteiger partial charge in [-0.15, -0.1) is 0 Å². The van der Waals surface area contributed by atoms with Crippen LogP contribution in [0.3, 0.4) is 0 Å². The first-order valence-corrected chi connectivity index (χ1v) is 4.67. The summed E-state index contributed by atoms with van der Waals surface area (Å²) < 4.78 is 6.43. The van der Waals surface area contributed by atoms with Crippen molar-refractivity contribution in [2.45, 2.75) is 6.54 Å². The molecule has 0 amide bonds. The number of carbonyl (C=O) groups is 1. The number of aromatic nitrogens is 1. The maximum absolute atomic E-state index is 10.2. The second-order valence-electron chi connectivity index (χ2n) is 3.18. The van der Waals surface area contributed by atoms with E-state index in [1.54, 1.807) is 0 Å². The Bertz CT molecular complexity index is 475. The first-order chi connectivity index (χ1) is 7.27. The van der Waals surface area contributed by atoms with Crippen molar-refractivity contribution in [2.75, 3.05) is 6.61 Å². The summed E-state index contributed by atoms with van der Waals surface area (Å²) in [5.74, 6) is 0. The molecule has 0 spiro atoms. The molecule has 1 aromatic carbocycles. The minimum Gasteiger partial charge on any atom is -0.450 e. The van der Waals surface area contributed by atoms with Crippen molar-refractivity contribution >= 4 is 17.1 Å². The molecule has 78 valence electrons. The van der Waals surface area contributed by atoms with Gasteiger partial charge in [0.25, 0.3) is 0 Å². The molecule has 0 saturated heterocycles. The summed E-state index contributed by atoms with van der Waals surface area (Å²) in [7, 11) is 0. The molecule has 0 saturated carbocycles. The molecule has 0 bridgehead atoms. The highest BCUT2D eigenvalue weighted by Crippen LogP contribution is 2.14. The van der Waals surface area contributed by atoms with Gasteiger partial charge in [0.05, 0.1) is 6.54 Å². The minimum absolute atomic E-state index is 0.175. The maximum Gasteiger partial charge on any atom is 0.505 e. The van der Waals surface area contributed by atoms with Gasteiger partial charge in [-0.25, -0.2) is 4.79 Å². The fraction of sp³-hybridized carbons (Fsp3) is 0.182. The van der Waals surface area contributed by atoms with Crippen LogP contribution in [0, 0.1) is 0 Å². The summed E-state index contributed by atoms with van der Waals surface area (Å²) in [5, 5.41) is 9.47. The van der Waals surface area contributed by atoms with Gasteiger partial charge >= 0.3 is 6.16 Å². The zero-order valence-corrected chi connectivity index (χ0v) is 8.09. The molecule has 0 fully saturated rings. The van der Waals surface area contributed by atoms with Crippen molar-refractivity contribution in [1.29, 1.82) is 0 Å². The zero-order valence-electron chi connectivity index (χ0n) is 8.09. The van der Waals surface area contributed by atoms with E-state index in [9.17, 15) is 4.79 Å². The fourth-order valence-corrected chi connectivity index (χ4v) is 1.57. The average Bonchev–Trinajstić information content (AvgIpc) is 2.62. The molecular weight excluding hydrogens is 194 g/mol. The predicted octanol–water partition coefficient (Wildman–Crippen LogP) is 2.34. The van der Waals surface area contributed by atoms with Gasteiger partial charge in [-0.1, -0.05) is 18.2 Å². The van der Waals surface area contributed by atoms with Gasteiger partial charge in [-0.05, 0) is 17.5 Å². The molecule has 1 aromatic heterocycles. The van der Waals surface area contributed by atoms with Crippen molar-refractivity contribution in [1.82, 2.24) is 4.57 Å². The van der Waals surface area contributed by atoms with E-state index in [0.29, 0.717) is 6.54 Å². The van der Waals surface area contributed by atoms with Crippen LogP contribution >= 0.6 is 0 Å². The van der Waals surface area contributed by atoms with E-state index < -0.39 is 6.16 Å². The molecule has 15 heavy (non-hydrogen) atoms. The van der Waals surface area contributed by atoms with Crippen LogP contribution in [-0.2, 0) is 11.3 Å². The molecule has 4 heteroatoms. The number of ether oxygens (including phenoxy) is 1. The Morgan fingerprint density at radius 2 is 2.13 bits per heavy atom. The fourth-order valence-electron chi connectivity index (χ4n) is 1.57. The lowest BCUT2D eigenvalue weighted by atomic mass is 10.2. The highest BCUT2D eigenvalue weighted by molar-refractivity contribution is 5.79. The van der Waals surface area contributed by atoms with Crippen molar-refractivity contribution in [3.05, 3.63) is 36.5 Å². The summed E-state index contributed by atoms with van der Waals surface area (Å²) in [6.07, 6.45) is 0.696. The SMILES string of the molecule is O=C(O)OCCn1ccc2ccccc21. The lowest BCUT2D eigenvalue weighted by Gasteiger charge is -2.04. The number of rotatable bonds is 3. The molecule has 1 heterocycles. The highest BCUT2D eigenvalue weighted by Gasteiger charge is 2.00. The third kappa shape index (κ3) is 2.10. The van der Waals surface area contributed by atoms with Crippen LogP contribution in [0.4, 0.5) is 4.79 Å². The van der Waals surface area contributed by atoms with Crippen molar-refractivity contribution in [2.24, 2.45) is 0 Å². The third-order valence-electron chi connectivity index (χ3n) is 2.24. The Balaban J connectivity index is 2.11. The van der Waals surface area contributed by atoms with E-state index in [2.05, 4.69) is 4.74 Å². The Labute approximate surface area is 86.7 Å². The van der Waals surface area contributed by atoms with E-state index in [-0.39, 0.29) is 6.61 Å². The summed E-state index contributed by atoms with van der Waals surface area (Å²) in [5.41, 5.74) is 1.09. The number of benzene rings is 1. The van der Waals surface area contributed by atoms with E-state index in [4.69, 9.17) is 5.11 Å². The van der Waals surface area contributed by atoms with Crippen LogP contribution in [-0.4, -0.2) is 22.4 Å². The average molecular weight is 205 g/mol. The van der Waals surface area contributed by atoms with E-state index in [1.807, 2.05) is 41.1 Å². The van der Waals surface area contributed by atoms with E-state index in [0.717, 1.165) is 10.9 Å². The number of para-hydroxylation sites is 1. The Morgan fingerprint density at radius 1 is 1.33 bits per heavy atom. The Kier molecular flexibility index (Phi) is 2.58. The quantitative estimate of drug-likeness (QED) is 0.782. The molecule has 2 rings (SSSR count). The summed E-state index contributed by atoms with van der Waals surface area (Å²) >= 11 is 0. The summed E-state index contributed by atoms with van der Waals surface area (Å²) in [4.78, 5) is 10.2. The molecule has 4 nitrogen and oxygen atoms in total. The van der Waals surface area contributed by atoms with Crippen molar-refractivity contribution < 1.29 is 14.6 Å². The molecule has 0 aliphatic heterocycles. The second-order valence-corrected chi connectivity index (χ2v) is 3.18. The first kappa shape index (κ1) is 9.58. The first-order valence-electron chi connectivity index (χ1n) is 4.67. The molecule has 0 aliphatic rings. The van der Waals surface area contributed by atoms with Gasteiger partial charge in [0.1, 0.15) is 6.61 Å². The standard InChI is InChI=1S/C11H11NO3/c13-11(14)15-8-7-12-6-5-9-3-1-2-4-10(9)12/h1-6H,7-8H2,(H,13,14). The van der Waals surface area contributed by atoms with Crippen LogP contribution in [0.15, 0.2) is 36.5 Å². The van der Waals surface area contributed by atoms with Crippen molar-refractivity contribution in [3.63, 3.8) is 0 Å². The van der Waals surface area contributed by atoms with Crippen LogP contribution in [0.5, 0.6) is 0 Å². The summed E-state index contributed by atoms with van der Waals surface area (Å²) in [6.45, 7) is 0.716. The molecular formula is C11H11NO3. The predicted molar refractivity (Wildman–Crippen MR) is 55.9 cm³/mol. The normalized spacial score (nSPS) is 10.4. The lowest BCUT2D eigenvalue weighted by molar-refractivity contribution is 0.0888. The largest absolute Gasteiger partial charge is 0.505 e. The highest BCUT2D eigenvalue weighted by atomic mass is 16.7. The third-order valence-corrected chi connectivity index (χ3v) is 2.24. The van der Waals surface area contributed by atoms with Gasteiger partial charge in [-0.3, -0.25) is 0 Å². The van der Waals surface area contributed by atoms with Crippen LogP contribution in [0.1, 0.15) is 0 Å². The van der Waals surface area contributed by atoms with Gasteiger partial charge in [0, 0.05) is 11.7 Å². The van der Waals surface area contributed by atoms with E-state index >= 15 is 0 Å². The Morgan fingerprint density at radius 3 is 2.93 bits per heavy atom. The maximum atomic E-state index is 10.2. The number of fused-ring (bicyclic) bond motifs is 1. The Hall–Kier alpha value is -1.97. The van der Waals surface area contributed by atoms with Crippen LogP contribution < -0.4 is 0 Å². The van der Waals surface area contributed by atoms with Crippen molar-refractivity contribution in [3.8, 4) is 0 Å². The monoisotopic (exact) mass is 205 g/mol. The van der Waals surface area contributed by atoms with Gasteiger partial charge in [0.15, 0.2) is 0 Å². The smallest absolute Gasteiger partial charge is 0.450 e. The molecule has 0 radical (unpaired) electrons. The summed E-state index contributed by atoms with van der Waals surface area (Å²) in [6, 6.07) is 9.94. The molecule has 1 N–H and O–H groups in total. The second kappa shape index (κ2) is 4.04. The molecule has 0 aliphatic carbocycles. The van der Waals surface area contributed by atoms with E-state index in [1.165, 1.54) is 0 Å². The minimum atomic E-state index is -1.23. The molecule has 0 unspecified atom stereocenters. The van der Waals surface area contributed by atoms with Crippen LogP contribution in [0.25, 0.3) is 10.9 Å². The zero-order chi connectivity index (χ0) is 10.7. The van der Waals surface area contributed by atoms with Crippen LogP contribution in [0.2, 0.25) is 0 Å². The topological polar surface area (TPSA) is 51.5 Å². The van der Waals surface area contributed by atoms with Gasteiger partial charge in [0.2, 0.25) is 0 Å². The number of hydrogen-bond donors (Lipinski definition) is 1. The lowest BCUT2D eigenvalue weighted by Crippen LogP contribution is -2.08. The number of nitrogens with zero attached hydrogens (tertiary/aromatic N) is 1. The number of hydrogen-bond acceptors (Lipinski definition) is 2. The number of carboxylic acid groups (broad SMARTS) is 1. The molecule has 2 aromatic rings.